The van der Waals surface area contributed by atoms with Crippen molar-refractivity contribution >= 4 is 16.8 Å². The number of hydrogen-bond acceptors (Lipinski definition) is 3. The molecule has 1 fully saturated rings. The maximum atomic E-state index is 13.7. The molecule has 0 spiro atoms. The molecule has 2 aromatic carbocycles. The van der Waals surface area contributed by atoms with Crippen molar-refractivity contribution in [1.29, 1.82) is 0 Å². The van der Waals surface area contributed by atoms with E-state index in [0.29, 0.717) is 6.54 Å². The van der Waals surface area contributed by atoms with Gasteiger partial charge in [-0.1, -0.05) is 48.5 Å². The summed E-state index contributed by atoms with van der Waals surface area (Å²) in [7, 11) is 2.00. The predicted molar refractivity (Wildman–Crippen MR) is 116 cm³/mol. The summed E-state index contributed by atoms with van der Waals surface area (Å²) in [6.45, 7) is 6.99. The van der Waals surface area contributed by atoms with Crippen LogP contribution in [0.5, 0.6) is 0 Å². The second-order valence-electron chi connectivity index (χ2n) is 7.85. The minimum Gasteiger partial charge on any atom is -0.379 e. The molecule has 1 amide bonds. The van der Waals surface area contributed by atoms with Crippen molar-refractivity contribution in [2.24, 2.45) is 7.05 Å². The summed E-state index contributed by atoms with van der Waals surface area (Å²) in [5.41, 5.74) is 3.00. The number of morpholine rings is 1. The van der Waals surface area contributed by atoms with E-state index in [1.165, 1.54) is 0 Å². The zero-order valence-electron chi connectivity index (χ0n) is 17.3. The second-order valence-corrected chi connectivity index (χ2v) is 7.85. The fourth-order valence-corrected chi connectivity index (χ4v) is 4.13. The number of amides is 1. The van der Waals surface area contributed by atoms with Gasteiger partial charge in [-0.25, -0.2) is 0 Å². The van der Waals surface area contributed by atoms with Crippen LogP contribution in [0.1, 0.15) is 22.8 Å². The Morgan fingerprint density at radius 3 is 2.52 bits per heavy atom. The van der Waals surface area contributed by atoms with Crippen LogP contribution in [0.4, 0.5) is 0 Å². The minimum absolute atomic E-state index is 0.0893. The van der Waals surface area contributed by atoms with Gasteiger partial charge in [0.2, 0.25) is 0 Å². The summed E-state index contributed by atoms with van der Waals surface area (Å²) in [5, 5.41) is 1.01. The molecule has 1 saturated heterocycles. The van der Waals surface area contributed by atoms with Gasteiger partial charge >= 0.3 is 0 Å². The molecule has 4 rings (SSSR count). The molecule has 5 heteroatoms. The maximum absolute atomic E-state index is 13.7. The van der Waals surface area contributed by atoms with Crippen molar-refractivity contribution in [2.45, 2.75) is 19.5 Å². The Morgan fingerprint density at radius 2 is 1.76 bits per heavy atom. The van der Waals surface area contributed by atoms with Crippen LogP contribution in [-0.2, 0) is 18.3 Å². The average molecular weight is 392 g/mol. The lowest BCUT2D eigenvalue weighted by atomic mass is 10.1. The van der Waals surface area contributed by atoms with Gasteiger partial charge < -0.3 is 14.2 Å². The lowest BCUT2D eigenvalue weighted by Gasteiger charge is -2.35. The number of aryl methyl sites for hydroxylation is 1. The average Bonchev–Trinajstić information content (AvgIpc) is 3.10. The summed E-state index contributed by atoms with van der Waals surface area (Å²) in [5.74, 6) is 0.0893. The molecule has 29 heavy (non-hydrogen) atoms. The first-order chi connectivity index (χ1) is 14.1. The van der Waals surface area contributed by atoms with Crippen LogP contribution >= 0.6 is 0 Å². The first-order valence-corrected chi connectivity index (χ1v) is 10.3. The van der Waals surface area contributed by atoms with Gasteiger partial charge in [0.25, 0.3) is 5.91 Å². The van der Waals surface area contributed by atoms with Gasteiger partial charge in [-0.15, -0.1) is 0 Å². The van der Waals surface area contributed by atoms with Crippen molar-refractivity contribution < 1.29 is 9.53 Å². The Morgan fingerprint density at radius 1 is 1.07 bits per heavy atom. The SMILES string of the molecule is CC(CN1CCOCC1)N(Cc1ccccc1)C(=O)c1cn(C)c2ccccc12. The molecule has 2 heterocycles. The highest BCUT2D eigenvalue weighted by Gasteiger charge is 2.26. The van der Waals surface area contributed by atoms with E-state index in [2.05, 4.69) is 30.0 Å². The summed E-state index contributed by atoms with van der Waals surface area (Å²) < 4.78 is 7.52. The molecule has 1 unspecified atom stereocenters. The Kier molecular flexibility index (Phi) is 5.97. The Bertz CT molecular complexity index is 961. The zero-order valence-corrected chi connectivity index (χ0v) is 17.3. The van der Waals surface area contributed by atoms with Crippen LogP contribution in [0.25, 0.3) is 10.9 Å². The van der Waals surface area contributed by atoms with E-state index < -0.39 is 0 Å². The fourth-order valence-electron chi connectivity index (χ4n) is 4.13. The standard InChI is InChI=1S/C24H29N3O2/c1-19(16-26-12-14-29-15-13-26)27(17-20-8-4-3-5-9-20)24(28)22-18-25(2)23-11-7-6-10-21(22)23/h3-11,18-19H,12-17H2,1-2H3. The first-order valence-electron chi connectivity index (χ1n) is 10.3. The number of hydrogen-bond donors (Lipinski definition) is 0. The molecule has 0 saturated carbocycles. The van der Waals surface area contributed by atoms with E-state index in [0.717, 1.165) is 54.9 Å². The van der Waals surface area contributed by atoms with Crippen molar-refractivity contribution in [3.05, 3.63) is 71.9 Å². The van der Waals surface area contributed by atoms with E-state index in [-0.39, 0.29) is 11.9 Å². The number of para-hydroxylation sites is 1. The van der Waals surface area contributed by atoms with Gasteiger partial charge in [-0.2, -0.15) is 0 Å². The number of rotatable bonds is 6. The normalized spacial score (nSPS) is 16.1. The monoisotopic (exact) mass is 391 g/mol. The van der Waals surface area contributed by atoms with Crippen LogP contribution in [-0.4, -0.2) is 59.2 Å². The highest BCUT2D eigenvalue weighted by molar-refractivity contribution is 6.07. The highest BCUT2D eigenvalue weighted by atomic mass is 16.5. The van der Waals surface area contributed by atoms with E-state index in [4.69, 9.17) is 4.74 Å². The number of ether oxygens (including phenoxy) is 1. The summed E-state index contributed by atoms with van der Waals surface area (Å²) in [4.78, 5) is 18.1. The number of fused-ring (bicyclic) bond motifs is 1. The van der Waals surface area contributed by atoms with Gasteiger partial charge in [0.05, 0.1) is 18.8 Å². The van der Waals surface area contributed by atoms with Crippen LogP contribution in [0.15, 0.2) is 60.8 Å². The maximum Gasteiger partial charge on any atom is 0.256 e. The van der Waals surface area contributed by atoms with E-state index in [9.17, 15) is 4.79 Å². The largest absolute Gasteiger partial charge is 0.379 e. The lowest BCUT2D eigenvalue weighted by molar-refractivity contribution is 0.0229. The number of aromatic nitrogens is 1. The molecule has 5 nitrogen and oxygen atoms in total. The van der Waals surface area contributed by atoms with Crippen molar-refractivity contribution in [1.82, 2.24) is 14.4 Å². The van der Waals surface area contributed by atoms with Crippen LogP contribution in [0, 0.1) is 0 Å². The summed E-state index contributed by atoms with van der Waals surface area (Å²) >= 11 is 0. The summed E-state index contributed by atoms with van der Waals surface area (Å²) in [6, 6.07) is 18.5. The Hall–Kier alpha value is -2.63. The fraction of sp³-hybridized carbons (Fsp3) is 0.375. The van der Waals surface area contributed by atoms with Crippen molar-refractivity contribution in [3.63, 3.8) is 0 Å². The molecule has 3 aromatic rings. The van der Waals surface area contributed by atoms with Crippen molar-refractivity contribution in [3.8, 4) is 0 Å². The Labute approximate surface area is 172 Å². The highest BCUT2D eigenvalue weighted by Crippen LogP contribution is 2.24. The lowest BCUT2D eigenvalue weighted by Crippen LogP contribution is -2.47. The minimum atomic E-state index is 0.0893. The molecule has 0 radical (unpaired) electrons. The van der Waals surface area contributed by atoms with Gasteiger partial charge in [-0.05, 0) is 18.6 Å². The van der Waals surface area contributed by atoms with Gasteiger partial charge in [0, 0.05) is 56.4 Å². The van der Waals surface area contributed by atoms with E-state index in [1.54, 1.807) is 0 Å². The van der Waals surface area contributed by atoms with Gasteiger partial charge in [0.15, 0.2) is 0 Å². The van der Waals surface area contributed by atoms with Crippen LogP contribution in [0.3, 0.4) is 0 Å². The number of carbonyl (C=O) groups is 1. The third kappa shape index (κ3) is 4.36. The second kappa shape index (κ2) is 8.80. The molecule has 1 aliphatic rings. The molecule has 152 valence electrons. The molecule has 1 atom stereocenters. The zero-order chi connectivity index (χ0) is 20.2. The molecular formula is C24H29N3O2. The molecular weight excluding hydrogens is 362 g/mol. The third-order valence-electron chi connectivity index (χ3n) is 5.74. The van der Waals surface area contributed by atoms with Crippen LogP contribution in [0.2, 0.25) is 0 Å². The molecule has 0 aliphatic carbocycles. The molecule has 1 aliphatic heterocycles. The predicted octanol–water partition coefficient (Wildman–Crippen LogP) is 3.54. The van der Waals surface area contributed by atoms with Gasteiger partial charge in [-0.3, -0.25) is 9.69 Å². The van der Waals surface area contributed by atoms with E-state index in [1.807, 2.05) is 59.1 Å². The summed E-state index contributed by atoms with van der Waals surface area (Å²) in [6.07, 6.45) is 1.96. The molecule has 0 N–H and O–H groups in total. The molecule has 0 bridgehead atoms. The third-order valence-corrected chi connectivity index (χ3v) is 5.74. The quantitative estimate of drug-likeness (QED) is 0.645. The van der Waals surface area contributed by atoms with Crippen LogP contribution < -0.4 is 0 Å². The van der Waals surface area contributed by atoms with E-state index >= 15 is 0 Å². The Balaban J connectivity index is 1.63. The van der Waals surface area contributed by atoms with Gasteiger partial charge in [0.1, 0.15) is 0 Å². The molecule has 1 aromatic heterocycles. The number of nitrogens with zero attached hydrogens (tertiary/aromatic N) is 3. The first kappa shape index (κ1) is 19.7. The topological polar surface area (TPSA) is 37.7 Å². The smallest absolute Gasteiger partial charge is 0.256 e. The number of benzene rings is 2. The van der Waals surface area contributed by atoms with Crippen molar-refractivity contribution in [2.75, 3.05) is 32.8 Å². The number of carbonyl (C=O) groups excluding carboxylic acids is 1.